The molecule has 0 heterocycles. The van der Waals surface area contributed by atoms with Crippen LogP contribution < -0.4 is 0 Å². The van der Waals surface area contributed by atoms with Crippen LogP contribution in [-0.4, -0.2) is 20.7 Å². The van der Waals surface area contributed by atoms with Crippen LogP contribution in [0.1, 0.15) is 19.8 Å². The zero-order chi connectivity index (χ0) is 10.3. The number of hydrogen-bond donors (Lipinski definition) is 1. The van der Waals surface area contributed by atoms with Gasteiger partial charge in [-0.25, -0.2) is 17.4 Å². The average Bonchev–Trinajstić information content (AvgIpc) is 2.03. The Balaban J connectivity index is 4.07. The Bertz CT molecular complexity index is 237. The lowest BCUT2D eigenvalue weighted by atomic mass is 10.3. The third-order valence-electron chi connectivity index (χ3n) is 1.14. The highest BCUT2D eigenvalue weighted by atomic mass is 32.2. The average molecular weight is 208 g/mol. The van der Waals surface area contributed by atoms with Crippen molar-refractivity contribution < 1.29 is 22.1 Å². The summed E-state index contributed by atoms with van der Waals surface area (Å²) in [5.74, 6) is -0.699. The molecule has 76 valence electrons. The zero-order valence-electron chi connectivity index (χ0n) is 7.26. The second-order valence-corrected chi connectivity index (χ2v) is 2.85. The van der Waals surface area contributed by atoms with Crippen molar-refractivity contribution in [2.24, 2.45) is 0 Å². The molecule has 0 aromatic heterocycles. The summed E-state index contributed by atoms with van der Waals surface area (Å²) in [6.07, 6.45) is 0.905. The highest BCUT2D eigenvalue weighted by molar-refractivity contribution is 7.67. The summed E-state index contributed by atoms with van der Waals surface area (Å²) in [5.41, 5.74) is 0. The second-order valence-electron chi connectivity index (χ2n) is 2.19. The fourth-order valence-electron chi connectivity index (χ4n) is 0.643. The van der Waals surface area contributed by atoms with Crippen LogP contribution in [0, 0.1) is 0 Å². The number of carbonyl (C=O) groups is 1. The van der Waals surface area contributed by atoms with E-state index in [4.69, 9.17) is 0 Å². The normalized spacial score (nSPS) is 12.5. The van der Waals surface area contributed by atoms with Gasteiger partial charge in [-0.05, 0) is 0 Å². The van der Waals surface area contributed by atoms with E-state index in [1.165, 1.54) is 0 Å². The van der Waals surface area contributed by atoms with E-state index in [-0.39, 0.29) is 0 Å². The Kier molecular flexibility index (Phi) is 6.17. The Labute approximate surface area is 78.5 Å². The predicted octanol–water partition coefficient (Wildman–Crippen LogP) is 0.385. The third-order valence-corrected chi connectivity index (χ3v) is 1.55. The summed E-state index contributed by atoms with van der Waals surface area (Å²) in [6.45, 7) is 4.99. The van der Waals surface area contributed by atoms with E-state index in [1.807, 2.05) is 6.92 Å². The molecule has 0 N–H and O–H groups in total. The summed E-state index contributed by atoms with van der Waals surface area (Å²) in [5, 5.41) is 0. The molecule has 0 aromatic rings. The van der Waals surface area contributed by atoms with Gasteiger partial charge in [-0.1, -0.05) is 19.9 Å². The summed E-state index contributed by atoms with van der Waals surface area (Å²) < 4.78 is 29.2. The number of carbonyl (C=O) groups excluding carboxylic acids is 1. The number of ether oxygens (including phenoxy) is 1. The molecule has 0 aliphatic heterocycles. The first kappa shape index (κ1) is 12.1. The van der Waals surface area contributed by atoms with Crippen molar-refractivity contribution in [2.45, 2.75) is 26.1 Å². The van der Waals surface area contributed by atoms with Gasteiger partial charge in [-0.15, -0.1) is 0 Å². The molecule has 13 heavy (non-hydrogen) atoms. The van der Waals surface area contributed by atoms with Gasteiger partial charge in [0.2, 0.25) is 6.29 Å². The first-order valence-corrected chi connectivity index (χ1v) is 4.84. The minimum atomic E-state index is -3.00. The summed E-state index contributed by atoms with van der Waals surface area (Å²) >= 11 is 0. The summed E-state index contributed by atoms with van der Waals surface area (Å²) in [6, 6.07) is 0. The van der Waals surface area contributed by atoms with Crippen LogP contribution in [0.15, 0.2) is 12.7 Å². The standard InChI is InChI=1S/C7H12O5S/c1-3-5-7(12-13(9)10)11-6(8)4-2/h4,7,13H,2-3,5H2,1H3. The molecule has 0 aromatic carbocycles. The van der Waals surface area contributed by atoms with E-state index in [2.05, 4.69) is 15.5 Å². The topological polar surface area (TPSA) is 69.7 Å². The molecule has 0 aliphatic rings. The van der Waals surface area contributed by atoms with Crippen LogP contribution in [0.3, 0.4) is 0 Å². The Morgan fingerprint density at radius 1 is 1.62 bits per heavy atom. The van der Waals surface area contributed by atoms with E-state index in [0.717, 1.165) is 6.08 Å². The molecule has 0 fully saturated rings. The van der Waals surface area contributed by atoms with Crippen molar-refractivity contribution in [1.82, 2.24) is 0 Å². The van der Waals surface area contributed by atoms with Gasteiger partial charge in [-0.2, -0.15) is 0 Å². The number of rotatable bonds is 6. The van der Waals surface area contributed by atoms with Crippen LogP contribution in [0.5, 0.6) is 0 Å². The quantitative estimate of drug-likeness (QED) is 0.296. The second kappa shape index (κ2) is 6.62. The van der Waals surface area contributed by atoms with Gasteiger partial charge >= 0.3 is 5.97 Å². The third kappa shape index (κ3) is 6.30. The predicted molar refractivity (Wildman–Crippen MR) is 46.4 cm³/mol. The number of thiol groups is 1. The molecule has 1 atom stereocenters. The van der Waals surface area contributed by atoms with Crippen LogP contribution in [-0.2, 0) is 24.7 Å². The lowest BCUT2D eigenvalue weighted by Crippen LogP contribution is -2.19. The Hall–Kier alpha value is -0.880. The van der Waals surface area contributed by atoms with E-state index in [1.54, 1.807) is 0 Å². The van der Waals surface area contributed by atoms with E-state index in [0.29, 0.717) is 12.8 Å². The minimum absolute atomic E-state index is 0.336. The molecular formula is C7H12O5S. The molecular weight excluding hydrogens is 196 g/mol. The SMILES string of the molecule is C=CC(=O)OC(CCC)O[SH](=O)=O. The first-order chi connectivity index (χ1) is 6.10. The molecule has 0 aliphatic carbocycles. The molecule has 0 bridgehead atoms. The highest BCUT2D eigenvalue weighted by Crippen LogP contribution is 2.04. The van der Waals surface area contributed by atoms with Crippen molar-refractivity contribution in [1.29, 1.82) is 0 Å². The molecule has 5 nitrogen and oxygen atoms in total. The van der Waals surface area contributed by atoms with Gasteiger partial charge in [-0.3, -0.25) is 0 Å². The van der Waals surface area contributed by atoms with Crippen LogP contribution in [0.2, 0.25) is 0 Å². The van der Waals surface area contributed by atoms with Crippen LogP contribution in [0.4, 0.5) is 0 Å². The minimum Gasteiger partial charge on any atom is -0.431 e. The lowest BCUT2D eigenvalue weighted by molar-refractivity contribution is -0.157. The van der Waals surface area contributed by atoms with Gasteiger partial charge in [0.25, 0.3) is 11.0 Å². The fraction of sp³-hybridized carbons (Fsp3) is 0.571. The summed E-state index contributed by atoms with van der Waals surface area (Å²) in [7, 11) is -3.00. The van der Waals surface area contributed by atoms with Crippen LogP contribution >= 0.6 is 0 Å². The smallest absolute Gasteiger partial charge is 0.332 e. The lowest BCUT2D eigenvalue weighted by Gasteiger charge is -2.12. The van der Waals surface area contributed by atoms with Gasteiger partial charge in [0.05, 0.1) is 0 Å². The number of hydrogen-bond acceptors (Lipinski definition) is 5. The molecule has 0 rings (SSSR count). The van der Waals surface area contributed by atoms with Gasteiger partial charge in [0.1, 0.15) is 0 Å². The summed E-state index contributed by atoms with van der Waals surface area (Å²) in [4.78, 5) is 10.7. The zero-order valence-corrected chi connectivity index (χ0v) is 8.16. The first-order valence-electron chi connectivity index (χ1n) is 3.74. The van der Waals surface area contributed by atoms with E-state index in [9.17, 15) is 13.2 Å². The van der Waals surface area contributed by atoms with Crippen molar-refractivity contribution in [3.8, 4) is 0 Å². The van der Waals surface area contributed by atoms with E-state index >= 15 is 0 Å². The van der Waals surface area contributed by atoms with Crippen molar-refractivity contribution in [3.05, 3.63) is 12.7 Å². The van der Waals surface area contributed by atoms with Crippen molar-refractivity contribution in [2.75, 3.05) is 0 Å². The van der Waals surface area contributed by atoms with Crippen molar-refractivity contribution >= 4 is 17.0 Å². The van der Waals surface area contributed by atoms with Gasteiger partial charge < -0.3 is 4.74 Å². The Morgan fingerprint density at radius 3 is 2.62 bits per heavy atom. The van der Waals surface area contributed by atoms with Crippen LogP contribution in [0.25, 0.3) is 0 Å². The maximum Gasteiger partial charge on any atom is 0.332 e. The molecule has 6 heteroatoms. The highest BCUT2D eigenvalue weighted by Gasteiger charge is 2.12. The molecule has 0 saturated heterocycles. The van der Waals surface area contributed by atoms with Crippen molar-refractivity contribution in [3.63, 3.8) is 0 Å². The fourth-order valence-corrected chi connectivity index (χ4v) is 0.983. The number of esters is 1. The van der Waals surface area contributed by atoms with E-state index < -0.39 is 23.2 Å². The molecule has 0 radical (unpaired) electrons. The molecule has 0 spiro atoms. The molecule has 1 unspecified atom stereocenters. The van der Waals surface area contributed by atoms with Gasteiger partial charge in [0, 0.05) is 12.5 Å². The van der Waals surface area contributed by atoms with Gasteiger partial charge in [0.15, 0.2) is 0 Å². The molecule has 0 amide bonds. The maximum absolute atomic E-state index is 10.7. The largest absolute Gasteiger partial charge is 0.431 e. The molecule has 0 saturated carbocycles. The maximum atomic E-state index is 10.7. The Morgan fingerprint density at radius 2 is 2.23 bits per heavy atom. The monoisotopic (exact) mass is 208 g/mol.